The van der Waals surface area contributed by atoms with Gasteiger partial charge in [-0.1, -0.05) is 0 Å². The minimum atomic E-state index is -0.300. The van der Waals surface area contributed by atoms with Gasteiger partial charge in [0.25, 0.3) is 11.8 Å². The normalized spacial score (nSPS) is 18.4. The molecule has 1 unspecified atom stereocenters. The van der Waals surface area contributed by atoms with E-state index >= 15 is 0 Å². The lowest BCUT2D eigenvalue weighted by Gasteiger charge is -2.22. The molecule has 0 bridgehead atoms. The standard InChI is InChI=1S/C23H39NO10/c25-21-4-5-22(26)24(21)6-8-27-9-10-28-11-12-29-13-14-30-15-16-31-17-18-32-19-20-34-23-3-1-2-7-33-23/h4-5,23H,1-3,6-20H2. The molecule has 2 aliphatic rings. The van der Waals surface area contributed by atoms with Gasteiger partial charge in [-0.25, -0.2) is 0 Å². The number of ether oxygens (including phenoxy) is 8. The molecule has 0 aromatic heterocycles. The number of hydrogen-bond donors (Lipinski definition) is 0. The molecule has 0 N–H and O–H groups in total. The lowest BCUT2D eigenvalue weighted by atomic mass is 10.2. The van der Waals surface area contributed by atoms with E-state index in [1.807, 2.05) is 0 Å². The molecule has 0 aromatic carbocycles. The van der Waals surface area contributed by atoms with E-state index in [-0.39, 0.29) is 31.3 Å². The van der Waals surface area contributed by atoms with Crippen molar-refractivity contribution in [3.63, 3.8) is 0 Å². The first-order valence-electron chi connectivity index (χ1n) is 12.0. The van der Waals surface area contributed by atoms with Crippen LogP contribution in [-0.4, -0.2) is 122 Å². The van der Waals surface area contributed by atoms with Crippen molar-refractivity contribution >= 4 is 11.8 Å². The second-order valence-corrected chi connectivity index (χ2v) is 7.50. The van der Waals surface area contributed by atoms with E-state index in [0.29, 0.717) is 79.3 Å². The summed E-state index contributed by atoms with van der Waals surface area (Å²) in [6.45, 7) is 7.17. The van der Waals surface area contributed by atoms with Crippen LogP contribution < -0.4 is 0 Å². The number of rotatable bonds is 22. The van der Waals surface area contributed by atoms with Crippen LogP contribution in [-0.2, 0) is 47.5 Å². The highest BCUT2D eigenvalue weighted by Gasteiger charge is 2.22. The molecule has 1 fully saturated rings. The number of hydrogen-bond acceptors (Lipinski definition) is 10. The van der Waals surface area contributed by atoms with Gasteiger partial charge in [-0.15, -0.1) is 0 Å². The van der Waals surface area contributed by atoms with E-state index in [9.17, 15) is 9.59 Å². The van der Waals surface area contributed by atoms with Crippen molar-refractivity contribution in [3.05, 3.63) is 12.2 Å². The number of imide groups is 1. The Balaban J connectivity index is 1.19. The summed E-state index contributed by atoms with van der Waals surface area (Å²) in [4.78, 5) is 23.9. The van der Waals surface area contributed by atoms with Crippen LogP contribution in [0.5, 0.6) is 0 Å². The Morgan fingerprint density at radius 1 is 0.647 bits per heavy atom. The van der Waals surface area contributed by atoms with Gasteiger partial charge in [0.2, 0.25) is 0 Å². The molecule has 196 valence electrons. The zero-order valence-electron chi connectivity index (χ0n) is 20.0. The molecule has 2 aliphatic heterocycles. The summed E-state index contributed by atoms with van der Waals surface area (Å²) in [7, 11) is 0. The van der Waals surface area contributed by atoms with Gasteiger partial charge in [-0.2, -0.15) is 0 Å². The lowest BCUT2D eigenvalue weighted by molar-refractivity contribution is -0.169. The molecule has 1 saturated heterocycles. The fraction of sp³-hybridized carbons (Fsp3) is 0.826. The first-order chi connectivity index (χ1) is 16.8. The fourth-order valence-corrected chi connectivity index (χ4v) is 3.09. The Morgan fingerprint density at radius 2 is 1.09 bits per heavy atom. The smallest absolute Gasteiger partial charge is 0.253 e. The van der Waals surface area contributed by atoms with Crippen molar-refractivity contribution in [2.75, 3.05) is 99.0 Å². The van der Waals surface area contributed by atoms with Crippen LogP contribution in [0.4, 0.5) is 0 Å². The van der Waals surface area contributed by atoms with Gasteiger partial charge in [0.15, 0.2) is 6.29 Å². The Hall–Kier alpha value is -1.44. The molecule has 0 aromatic rings. The maximum absolute atomic E-state index is 11.4. The molecule has 2 rings (SSSR count). The molecule has 11 heteroatoms. The maximum Gasteiger partial charge on any atom is 0.253 e. The second kappa shape index (κ2) is 19.8. The minimum absolute atomic E-state index is 0.0701. The van der Waals surface area contributed by atoms with Crippen molar-refractivity contribution < 1.29 is 47.5 Å². The minimum Gasteiger partial charge on any atom is -0.377 e. The van der Waals surface area contributed by atoms with Crippen LogP contribution in [0.3, 0.4) is 0 Å². The fourth-order valence-electron chi connectivity index (χ4n) is 3.09. The lowest BCUT2D eigenvalue weighted by Crippen LogP contribution is -2.33. The highest BCUT2D eigenvalue weighted by Crippen LogP contribution is 2.13. The van der Waals surface area contributed by atoms with Gasteiger partial charge in [0.1, 0.15) is 0 Å². The van der Waals surface area contributed by atoms with Crippen LogP contribution in [0.1, 0.15) is 19.3 Å². The Morgan fingerprint density at radius 3 is 1.53 bits per heavy atom. The van der Waals surface area contributed by atoms with Crippen molar-refractivity contribution in [2.24, 2.45) is 0 Å². The van der Waals surface area contributed by atoms with E-state index in [2.05, 4.69) is 0 Å². The van der Waals surface area contributed by atoms with Gasteiger partial charge in [0.05, 0.1) is 92.4 Å². The summed E-state index contributed by atoms with van der Waals surface area (Å²) in [6.07, 6.45) is 5.69. The Bertz CT molecular complexity index is 550. The van der Waals surface area contributed by atoms with Crippen molar-refractivity contribution in [2.45, 2.75) is 25.6 Å². The predicted octanol–water partition coefficient (Wildman–Crippen LogP) is 0.554. The monoisotopic (exact) mass is 489 g/mol. The highest BCUT2D eigenvalue weighted by atomic mass is 16.7. The zero-order chi connectivity index (χ0) is 24.1. The Labute approximate surface area is 201 Å². The summed E-state index contributed by atoms with van der Waals surface area (Å²) in [5.74, 6) is -0.600. The van der Waals surface area contributed by atoms with Crippen molar-refractivity contribution in [3.8, 4) is 0 Å². The number of carbonyl (C=O) groups is 2. The van der Waals surface area contributed by atoms with Gasteiger partial charge in [-0.3, -0.25) is 14.5 Å². The summed E-state index contributed by atoms with van der Waals surface area (Å²) in [6, 6.07) is 0. The molecule has 0 saturated carbocycles. The van der Waals surface area contributed by atoms with E-state index in [0.717, 1.165) is 30.8 Å². The van der Waals surface area contributed by atoms with E-state index in [1.165, 1.54) is 12.2 Å². The highest BCUT2D eigenvalue weighted by molar-refractivity contribution is 6.12. The molecule has 34 heavy (non-hydrogen) atoms. The third-order valence-corrected chi connectivity index (χ3v) is 4.89. The van der Waals surface area contributed by atoms with E-state index in [1.54, 1.807) is 0 Å². The van der Waals surface area contributed by atoms with Crippen LogP contribution >= 0.6 is 0 Å². The van der Waals surface area contributed by atoms with Crippen LogP contribution in [0, 0.1) is 0 Å². The van der Waals surface area contributed by atoms with Gasteiger partial charge in [-0.05, 0) is 19.3 Å². The van der Waals surface area contributed by atoms with E-state index in [4.69, 9.17) is 37.9 Å². The van der Waals surface area contributed by atoms with Gasteiger partial charge in [0, 0.05) is 18.8 Å². The summed E-state index contributed by atoms with van der Waals surface area (Å²) in [5, 5.41) is 0. The molecule has 2 heterocycles. The quantitative estimate of drug-likeness (QED) is 0.158. The molecule has 1 atom stereocenters. The summed E-state index contributed by atoms with van der Waals surface area (Å²) in [5.41, 5.74) is 0. The second-order valence-electron chi connectivity index (χ2n) is 7.50. The third-order valence-electron chi connectivity index (χ3n) is 4.89. The SMILES string of the molecule is O=C1C=CC(=O)N1CCOCCOCCOCCOCCOCCOCCOC1CCCCO1. The number of carbonyl (C=O) groups excluding carboxylic acids is 2. The first kappa shape index (κ1) is 28.8. The zero-order valence-corrected chi connectivity index (χ0v) is 20.0. The third kappa shape index (κ3) is 14.1. The maximum atomic E-state index is 11.4. The van der Waals surface area contributed by atoms with Gasteiger partial charge < -0.3 is 37.9 Å². The molecule has 0 aliphatic carbocycles. The molecule has 0 spiro atoms. The largest absolute Gasteiger partial charge is 0.377 e. The van der Waals surface area contributed by atoms with Gasteiger partial charge >= 0.3 is 0 Å². The topological polar surface area (TPSA) is 111 Å². The van der Waals surface area contributed by atoms with Crippen LogP contribution in [0.2, 0.25) is 0 Å². The molecule has 11 nitrogen and oxygen atoms in total. The van der Waals surface area contributed by atoms with Crippen molar-refractivity contribution in [1.82, 2.24) is 4.90 Å². The Kier molecular flexibility index (Phi) is 16.8. The summed E-state index contributed by atoms with van der Waals surface area (Å²) < 4.78 is 43.6. The number of nitrogens with zero attached hydrogens (tertiary/aromatic N) is 1. The summed E-state index contributed by atoms with van der Waals surface area (Å²) >= 11 is 0. The van der Waals surface area contributed by atoms with Crippen LogP contribution in [0.25, 0.3) is 0 Å². The molecule has 0 radical (unpaired) electrons. The molecule has 2 amide bonds. The van der Waals surface area contributed by atoms with Crippen molar-refractivity contribution in [1.29, 1.82) is 0 Å². The first-order valence-corrected chi connectivity index (χ1v) is 12.0. The van der Waals surface area contributed by atoms with Crippen LogP contribution in [0.15, 0.2) is 12.2 Å². The van der Waals surface area contributed by atoms with E-state index < -0.39 is 0 Å². The molecular weight excluding hydrogens is 450 g/mol. The predicted molar refractivity (Wildman–Crippen MR) is 120 cm³/mol. The molecular formula is C23H39NO10. The average Bonchev–Trinajstić information content (AvgIpc) is 3.17. The number of amides is 2. The average molecular weight is 490 g/mol.